The summed E-state index contributed by atoms with van der Waals surface area (Å²) in [5.41, 5.74) is 5.28. The molecule has 2 heterocycles. The number of fused-ring (bicyclic) bond motifs is 1. The highest BCUT2D eigenvalue weighted by Crippen LogP contribution is 2.25. The number of hydrogen-bond donors (Lipinski definition) is 1. The quantitative estimate of drug-likeness (QED) is 0.799. The first kappa shape index (κ1) is 15.2. The van der Waals surface area contributed by atoms with Crippen molar-refractivity contribution in [1.82, 2.24) is 9.55 Å². The van der Waals surface area contributed by atoms with E-state index < -0.39 is 0 Å². The third-order valence-electron chi connectivity index (χ3n) is 5.07. The van der Waals surface area contributed by atoms with Gasteiger partial charge in [-0.1, -0.05) is 13.0 Å². The SMILES string of the molecule is CC1CCN(c2ccc(-n3cnc4ccc(CO)cc43)cc2)CC1. The minimum atomic E-state index is 0.0490. The van der Waals surface area contributed by atoms with E-state index in [1.165, 1.54) is 18.5 Å². The molecular formula is C20H23N3O. The molecule has 4 heteroatoms. The molecule has 4 nitrogen and oxygen atoms in total. The Bertz CT molecular complexity index is 830. The first-order valence-electron chi connectivity index (χ1n) is 8.67. The highest BCUT2D eigenvalue weighted by Gasteiger charge is 2.16. The molecular weight excluding hydrogens is 298 g/mol. The number of piperidine rings is 1. The van der Waals surface area contributed by atoms with Crippen LogP contribution in [0.15, 0.2) is 48.8 Å². The predicted octanol–water partition coefficient (Wildman–Crippen LogP) is 3.75. The van der Waals surface area contributed by atoms with E-state index in [1.54, 1.807) is 0 Å². The van der Waals surface area contributed by atoms with Crippen LogP contribution in [-0.2, 0) is 6.61 Å². The molecule has 0 radical (unpaired) electrons. The van der Waals surface area contributed by atoms with E-state index in [4.69, 9.17) is 0 Å². The summed E-state index contributed by atoms with van der Waals surface area (Å²) in [7, 11) is 0. The maximum absolute atomic E-state index is 9.36. The van der Waals surface area contributed by atoms with E-state index in [0.717, 1.165) is 41.3 Å². The molecule has 0 unspecified atom stereocenters. The molecule has 124 valence electrons. The Morgan fingerprint density at radius 2 is 1.75 bits per heavy atom. The molecule has 1 saturated heterocycles. The van der Waals surface area contributed by atoms with Gasteiger partial charge >= 0.3 is 0 Å². The molecule has 1 aromatic heterocycles. The third-order valence-corrected chi connectivity index (χ3v) is 5.07. The fourth-order valence-corrected chi connectivity index (χ4v) is 3.45. The van der Waals surface area contributed by atoms with Crippen LogP contribution in [-0.4, -0.2) is 27.7 Å². The number of aromatic nitrogens is 2. The lowest BCUT2D eigenvalue weighted by atomic mass is 9.99. The number of nitrogens with zero attached hydrogens (tertiary/aromatic N) is 3. The summed E-state index contributed by atoms with van der Waals surface area (Å²) in [6, 6.07) is 14.6. The van der Waals surface area contributed by atoms with Gasteiger partial charge in [0.1, 0.15) is 6.33 Å². The van der Waals surface area contributed by atoms with Crippen molar-refractivity contribution >= 4 is 16.7 Å². The van der Waals surface area contributed by atoms with E-state index in [1.807, 2.05) is 24.5 Å². The molecule has 3 aromatic rings. The zero-order chi connectivity index (χ0) is 16.5. The van der Waals surface area contributed by atoms with Crippen molar-refractivity contribution in [2.75, 3.05) is 18.0 Å². The van der Waals surface area contributed by atoms with Crippen LogP contribution in [0.4, 0.5) is 5.69 Å². The largest absolute Gasteiger partial charge is 0.392 e. The molecule has 1 fully saturated rings. The molecule has 24 heavy (non-hydrogen) atoms. The van der Waals surface area contributed by atoms with Crippen LogP contribution in [0.3, 0.4) is 0 Å². The van der Waals surface area contributed by atoms with Crippen LogP contribution < -0.4 is 4.90 Å². The lowest BCUT2D eigenvalue weighted by molar-refractivity contribution is 0.282. The summed E-state index contributed by atoms with van der Waals surface area (Å²) in [6.07, 6.45) is 4.40. The van der Waals surface area contributed by atoms with Crippen molar-refractivity contribution in [3.8, 4) is 5.69 Å². The average molecular weight is 321 g/mol. The number of hydrogen-bond acceptors (Lipinski definition) is 3. The first-order chi connectivity index (χ1) is 11.7. The zero-order valence-electron chi connectivity index (χ0n) is 14.0. The summed E-state index contributed by atoms with van der Waals surface area (Å²) < 4.78 is 2.08. The molecule has 1 N–H and O–H groups in total. The van der Waals surface area contributed by atoms with Gasteiger partial charge in [0.2, 0.25) is 0 Å². The Hall–Kier alpha value is -2.33. The predicted molar refractivity (Wildman–Crippen MR) is 97.6 cm³/mol. The van der Waals surface area contributed by atoms with Crippen LogP contribution in [0.25, 0.3) is 16.7 Å². The molecule has 0 aliphatic carbocycles. The van der Waals surface area contributed by atoms with Gasteiger partial charge in [-0.2, -0.15) is 0 Å². The topological polar surface area (TPSA) is 41.3 Å². The van der Waals surface area contributed by atoms with Crippen LogP contribution in [0.5, 0.6) is 0 Å². The molecule has 4 rings (SSSR count). The number of aliphatic hydroxyl groups excluding tert-OH is 1. The summed E-state index contributed by atoms with van der Waals surface area (Å²) in [5, 5.41) is 9.36. The Morgan fingerprint density at radius 3 is 2.46 bits per heavy atom. The average Bonchev–Trinajstić information content (AvgIpc) is 3.05. The van der Waals surface area contributed by atoms with Crippen molar-refractivity contribution < 1.29 is 5.11 Å². The number of rotatable bonds is 3. The van der Waals surface area contributed by atoms with Gasteiger partial charge in [-0.25, -0.2) is 4.98 Å². The summed E-state index contributed by atoms with van der Waals surface area (Å²) in [5.74, 6) is 0.846. The van der Waals surface area contributed by atoms with Gasteiger partial charge in [-0.3, -0.25) is 4.57 Å². The van der Waals surface area contributed by atoms with Crippen molar-refractivity contribution in [3.05, 3.63) is 54.4 Å². The maximum atomic E-state index is 9.36. The molecule has 2 aromatic carbocycles. The summed E-state index contributed by atoms with van der Waals surface area (Å²) >= 11 is 0. The number of aliphatic hydroxyl groups is 1. The van der Waals surface area contributed by atoms with Gasteiger partial charge < -0.3 is 10.0 Å². The van der Waals surface area contributed by atoms with E-state index in [2.05, 4.69) is 45.6 Å². The molecule has 0 spiro atoms. The van der Waals surface area contributed by atoms with Crippen LogP contribution >= 0.6 is 0 Å². The number of anilines is 1. The highest BCUT2D eigenvalue weighted by atomic mass is 16.3. The normalized spacial score (nSPS) is 16.0. The Labute approximate surface area is 142 Å². The zero-order valence-corrected chi connectivity index (χ0v) is 14.0. The minimum absolute atomic E-state index is 0.0490. The van der Waals surface area contributed by atoms with E-state index in [-0.39, 0.29) is 6.61 Å². The van der Waals surface area contributed by atoms with Gasteiger partial charge in [0.15, 0.2) is 0 Å². The molecule has 0 amide bonds. The van der Waals surface area contributed by atoms with Crippen LogP contribution in [0, 0.1) is 5.92 Å². The smallest absolute Gasteiger partial charge is 0.100 e. The Morgan fingerprint density at radius 1 is 1.04 bits per heavy atom. The van der Waals surface area contributed by atoms with Gasteiger partial charge in [-0.15, -0.1) is 0 Å². The summed E-state index contributed by atoms with van der Waals surface area (Å²) in [4.78, 5) is 6.93. The first-order valence-corrected chi connectivity index (χ1v) is 8.67. The van der Waals surface area contributed by atoms with Gasteiger partial charge in [0.25, 0.3) is 0 Å². The van der Waals surface area contributed by atoms with Crippen LogP contribution in [0.1, 0.15) is 25.3 Å². The fourth-order valence-electron chi connectivity index (χ4n) is 3.45. The molecule has 0 saturated carbocycles. The fraction of sp³-hybridized carbons (Fsp3) is 0.350. The molecule has 1 aliphatic rings. The van der Waals surface area contributed by atoms with E-state index in [0.29, 0.717) is 0 Å². The van der Waals surface area contributed by atoms with E-state index in [9.17, 15) is 5.11 Å². The van der Waals surface area contributed by atoms with Gasteiger partial charge in [-0.05, 0) is 60.7 Å². The molecule has 0 bridgehead atoms. The van der Waals surface area contributed by atoms with Crippen LogP contribution in [0.2, 0.25) is 0 Å². The molecule has 0 atom stereocenters. The molecule has 1 aliphatic heterocycles. The van der Waals surface area contributed by atoms with Crippen molar-refractivity contribution in [1.29, 1.82) is 0 Å². The van der Waals surface area contributed by atoms with Crippen molar-refractivity contribution in [2.45, 2.75) is 26.4 Å². The van der Waals surface area contributed by atoms with E-state index >= 15 is 0 Å². The lowest BCUT2D eigenvalue weighted by Crippen LogP contribution is -2.32. The Kier molecular flexibility index (Phi) is 3.98. The monoisotopic (exact) mass is 321 g/mol. The standard InChI is InChI=1S/C20H23N3O/c1-15-8-10-22(11-9-15)17-3-5-18(6-4-17)23-14-21-19-7-2-16(13-24)12-20(19)23/h2-7,12,14-15,24H,8-11,13H2,1H3. The van der Waals surface area contributed by atoms with Crippen molar-refractivity contribution in [3.63, 3.8) is 0 Å². The second-order valence-electron chi connectivity index (χ2n) is 6.78. The second kappa shape index (κ2) is 6.29. The number of benzene rings is 2. The number of imidazole rings is 1. The van der Waals surface area contributed by atoms with Crippen molar-refractivity contribution in [2.24, 2.45) is 5.92 Å². The Balaban J connectivity index is 1.63. The van der Waals surface area contributed by atoms with Gasteiger partial charge in [0.05, 0.1) is 17.6 Å². The highest BCUT2D eigenvalue weighted by molar-refractivity contribution is 5.78. The van der Waals surface area contributed by atoms with Gasteiger partial charge in [0, 0.05) is 24.5 Å². The second-order valence-corrected chi connectivity index (χ2v) is 6.78. The third kappa shape index (κ3) is 2.78. The summed E-state index contributed by atoms with van der Waals surface area (Å²) in [6.45, 7) is 4.68. The minimum Gasteiger partial charge on any atom is -0.392 e. The maximum Gasteiger partial charge on any atom is 0.100 e. The lowest BCUT2D eigenvalue weighted by Gasteiger charge is -2.32.